The van der Waals surface area contributed by atoms with Crippen LogP contribution in [0.15, 0.2) is 60.8 Å². The molecule has 3 aromatic rings. The maximum atomic E-state index is 13.5. The van der Waals surface area contributed by atoms with Crippen LogP contribution < -0.4 is 5.32 Å². The zero-order valence-corrected chi connectivity index (χ0v) is 21.6. The van der Waals surface area contributed by atoms with E-state index >= 15 is 0 Å². The van der Waals surface area contributed by atoms with Crippen molar-refractivity contribution in [2.45, 2.75) is 24.9 Å². The molecule has 1 amide bonds. The van der Waals surface area contributed by atoms with Crippen LogP contribution in [0.5, 0.6) is 0 Å². The molecule has 1 aromatic carbocycles. The summed E-state index contributed by atoms with van der Waals surface area (Å²) in [5.74, 6) is -0.707. The number of carbonyl (C=O) groups excluding carboxylic acids is 1. The van der Waals surface area contributed by atoms with Crippen molar-refractivity contribution in [3.63, 3.8) is 0 Å². The van der Waals surface area contributed by atoms with Crippen molar-refractivity contribution >= 4 is 40.9 Å². The first-order chi connectivity index (χ1) is 17.5. The van der Waals surface area contributed by atoms with Gasteiger partial charge in [-0.05, 0) is 48.0 Å². The van der Waals surface area contributed by atoms with Gasteiger partial charge in [0.05, 0.1) is 38.1 Å². The average Bonchev–Trinajstić information content (AvgIpc) is 2.85. The standard InChI is InChI=1S/C27H25Cl2F3N4O/c1-36(14-2-3-18-4-6-21(28)7-5-18)15-11-19(12-16-36)25-22(8-9-23(35-25)27(30,31)32)34-26(37)20-10-13-33-24(29)17-20/h2-10,13,17,19H,11-12,14-16H2,1H3/p+1/b3-2+. The van der Waals surface area contributed by atoms with E-state index in [1.165, 1.54) is 24.4 Å². The fourth-order valence-corrected chi connectivity index (χ4v) is 4.75. The SMILES string of the molecule is C[N+]1(C/C=C/c2ccc(Cl)cc2)CCC(c2nc(C(F)(F)F)ccc2NC(=O)c2ccnc(Cl)c2)CC1. The highest BCUT2D eigenvalue weighted by atomic mass is 35.5. The summed E-state index contributed by atoms with van der Waals surface area (Å²) in [7, 11) is 2.14. The van der Waals surface area contributed by atoms with E-state index in [1.807, 2.05) is 30.3 Å². The molecule has 1 aliphatic rings. The monoisotopic (exact) mass is 549 g/mol. The molecule has 1 aliphatic heterocycles. The highest BCUT2D eigenvalue weighted by molar-refractivity contribution is 6.30. The van der Waals surface area contributed by atoms with Gasteiger partial charge in [0.2, 0.25) is 0 Å². The highest BCUT2D eigenvalue weighted by Gasteiger charge is 2.36. The lowest BCUT2D eigenvalue weighted by Gasteiger charge is -2.40. The number of hydrogen-bond acceptors (Lipinski definition) is 3. The molecule has 3 heterocycles. The van der Waals surface area contributed by atoms with E-state index in [1.54, 1.807) is 0 Å². The predicted molar refractivity (Wildman–Crippen MR) is 140 cm³/mol. The third-order valence-electron chi connectivity index (χ3n) is 6.60. The first-order valence-electron chi connectivity index (χ1n) is 11.8. The fourth-order valence-electron chi connectivity index (χ4n) is 4.45. The smallest absolute Gasteiger partial charge is 0.323 e. The van der Waals surface area contributed by atoms with E-state index in [2.05, 4.69) is 28.4 Å². The van der Waals surface area contributed by atoms with E-state index in [0.29, 0.717) is 17.9 Å². The van der Waals surface area contributed by atoms with E-state index in [-0.39, 0.29) is 28.0 Å². The van der Waals surface area contributed by atoms with Crippen LogP contribution in [-0.4, -0.2) is 47.0 Å². The Balaban J connectivity index is 1.49. The predicted octanol–water partition coefficient (Wildman–Crippen LogP) is 7.09. The van der Waals surface area contributed by atoms with E-state index in [4.69, 9.17) is 23.2 Å². The van der Waals surface area contributed by atoms with Crippen LogP contribution in [0, 0.1) is 0 Å². The number of nitrogens with one attached hydrogen (secondary N) is 1. The van der Waals surface area contributed by atoms with Crippen molar-refractivity contribution in [1.82, 2.24) is 9.97 Å². The van der Waals surface area contributed by atoms with Gasteiger partial charge in [0, 0.05) is 35.5 Å². The maximum Gasteiger partial charge on any atom is 0.433 e. The quantitative estimate of drug-likeness (QED) is 0.263. The van der Waals surface area contributed by atoms with Gasteiger partial charge in [0.25, 0.3) is 5.91 Å². The number of rotatable bonds is 6. The minimum Gasteiger partial charge on any atom is -0.323 e. The van der Waals surface area contributed by atoms with Crippen molar-refractivity contribution in [2.24, 2.45) is 0 Å². The third-order valence-corrected chi connectivity index (χ3v) is 7.06. The molecule has 10 heteroatoms. The largest absolute Gasteiger partial charge is 0.433 e. The van der Waals surface area contributed by atoms with Crippen LogP contribution >= 0.6 is 23.2 Å². The van der Waals surface area contributed by atoms with Crippen molar-refractivity contribution < 1.29 is 22.4 Å². The zero-order chi connectivity index (χ0) is 26.6. The van der Waals surface area contributed by atoms with E-state index in [0.717, 1.165) is 35.7 Å². The van der Waals surface area contributed by atoms with Gasteiger partial charge in [-0.25, -0.2) is 9.97 Å². The molecule has 1 N–H and O–H groups in total. The molecule has 2 aromatic heterocycles. The summed E-state index contributed by atoms with van der Waals surface area (Å²) in [6.45, 7) is 2.32. The van der Waals surface area contributed by atoms with Gasteiger partial charge in [-0.15, -0.1) is 0 Å². The van der Waals surface area contributed by atoms with Crippen molar-refractivity contribution in [1.29, 1.82) is 0 Å². The Bertz CT molecular complexity index is 1290. The number of halogens is 5. The lowest BCUT2D eigenvalue weighted by atomic mass is 9.90. The fraction of sp³-hybridized carbons (Fsp3) is 0.296. The molecule has 1 fully saturated rings. The molecule has 0 atom stereocenters. The molecule has 1 saturated heterocycles. The number of quaternary nitrogens is 1. The number of anilines is 1. The summed E-state index contributed by atoms with van der Waals surface area (Å²) >= 11 is 11.8. The Morgan fingerprint density at radius 2 is 1.81 bits per heavy atom. The number of alkyl halides is 3. The van der Waals surface area contributed by atoms with Crippen LogP contribution in [0.1, 0.15) is 46.1 Å². The van der Waals surface area contributed by atoms with Gasteiger partial charge >= 0.3 is 6.18 Å². The molecule has 0 spiro atoms. The molecule has 0 saturated carbocycles. The Morgan fingerprint density at radius 1 is 1.11 bits per heavy atom. The molecule has 0 unspecified atom stereocenters. The molecule has 5 nitrogen and oxygen atoms in total. The van der Waals surface area contributed by atoms with Crippen LogP contribution in [0.4, 0.5) is 18.9 Å². The lowest BCUT2D eigenvalue weighted by molar-refractivity contribution is -0.908. The van der Waals surface area contributed by atoms with Crippen LogP contribution in [0.3, 0.4) is 0 Å². The third kappa shape index (κ3) is 7.09. The van der Waals surface area contributed by atoms with E-state index in [9.17, 15) is 18.0 Å². The summed E-state index contributed by atoms with van der Waals surface area (Å²) in [6.07, 6.45) is 2.25. The average molecular weight is 550 g/mol. The number of piperidine rings is 1. The summed E-state index contributed by atoms with van der Waals surface area (Å²) in [5, 5.41) is 3.55. The molecular weight excluding hydrogens is 524 g/mol. The molecule has 0 aliphatic carbocycles. The lowest BCUT2D eigenvalue weighted by Crippen LogP contribution is -2.49. The Hall–Kier alpha value is -2.94. The van der Waals surface area contributed by atoms with Gasteiger partial charge in [-0.1, -0.05) is 41.4 Å². The Kier molecular flexibility index (Phi) is 8.21. The Labute approximate surface area is 223 Å². The van der Waals surface area contributed by atoms with Crippen molar-refractivity contribution in [3.05, 3.63) is 93.5 Å². The first-order valence-corrected chi connectivity index (χ1v) is 12.5. The topological polar surface area (TPSA) is 54.9 Å². The Morgan fingerprint density at radius 3 is 2.46 bits per heavy atom. The van der Waals surface area contributed by atoms with Crippen LogP contribution in [0.25, 0.3) is 6.08 Å². The van der Waals surface area contributed by atoms with Gasteiger partial charge < -0.3 is 9.80 Å². The molecule has 0 bridgehead atoms. The molecule has 0 radical (unpaired) electrons. The number of pyridine rings is 2. The van der Waals surface area contributed by atoms with Crippen molar-refractivity contribution in [2.75, 3.05) is 32.0 Å². The van der Waals surface area contributed by atoms with Crippen LogP contribution in [0.2, 0.25) is 10.2 Å². The summed E-state index contributed by atoms with van der Waals surface area (Å²) in [5.41, 5.74) is 0.864. The zero-order valence-electron chi connectivity index (χ0n) is 20.1. The number of nitrogens with zero attached hydrogens (tertiary/aromatic N) is 3. The van der Waals surface area contributed by atoms with Gasteiger partial charge in [-0.2, -0.15) is 13.2 Å². The number of benzene rings is 1. The van der Waals surface area contributed by atoms with E-state index < -0.39 is 17.8 Å². The molecule has 194 valence electrons. The number of amides is 1. The summed E-state index contributed by atoms with van der Waals surface area (Å²) in [4.78, 5) is 20.6. The number of carbonyl (C=O) groups is 1. The number of likely N-dealkylation sites (tertiary alicyclic amines) is 1. The van der Waals surface area contributed by atoms with Gasteiger partial charge in [0.1, 0.15) is 10.8 Å². The molecular formula is C27H26Cl2F3N4O+. The molecule has 4 rings (SSSR count). The molecule has 37 heavy (non-hydrogen) atoms. The number of aromatic nitrogens is 2. The second-order valence-corrected chi connectivity index (χ2v) is 10.2. The van der Waals surface area contributed by atoms with Crippen molar-refractivity contribution in [3.8, 4) is 0 Å². The normalized spacial score (nSPS) is 20.2. The highest BCUT2D eigenvalue weighted by Crippen LogP contribution is 2.37. The summed E-state index contributed by atoms with van der Waals surface area (Å²) in [6, 6.07) is 12.6. The number of hydrogen-bond donors (Lipinski definition) is 1. The minimum absolute atomic E-state index is 0.146. The second-order valence-electron chi connectivity index (χ2n) is 9.43. The summed E-state index contributed by atoms with van der Waals surface area (Å²) < 4.78 is 41.2. The maximum absolute atomic E-state index is 13.5. The minimum atomic E-state index is -4.58. The second kappa shape index (κ2) is 11.2. The van der Waals surface area contributed by atoms with Crippen LogP contribution in [-0.2, 0) is 6.18 Å². The van der Waals surface area contributed by atoms with Gasteiger partial charge in [0.15, 0.2) is 0 Å². The first kappa shape index (κ1) is 27.1. The van der Waals surface area contributed by atoms with Gasteiger partial charge in [-0.3, -0.25) is 4.79 Å². The number of likely N-dealkylation sites (N-methyl/N-ethyl adjacent to an activating group) is 1.